The van der Waals surface area contributed by atoms with Crippen molar-refractivity contribution in [1.82, 2.24) is 10.3 Å². The van der Waals surface area contributed by atoms with Crippen molar-refractivity contribution >= 4 is 11.6 Å². The van der Waals surface area contributed by atoms with E-state index in [9.17, 15) is 0 Å². The molecule has 1 aromatic heterocycles. The first-order valence-electron chi connectivity index (χ1n) is 6.71. The number of aryl methyl sites for hydroxylation is 1. The van der Waals surface area contributed by atoms with E-state index in [1.54, 1.807) is 7.11 Å². The Morgan fingerprint density at radius 1 is 1.20 bits per heavy atom. The van der Waals surface area contributed by atoms with Crippen LogP contribution in [0, 0.1) is 0 Å². The van der Waals surface area contributed by atoms with Crippen molar-refractivity contribution in [2.75, 3.05) is 7.11 Å². The highest BCUT2D eigenvalue weighted by Gasteiger charge is 2.08. The van der Waals surface area contributed by atoms with Crippen molar-refractivity contribution in [3.8, 4) is 5.75 Å². The Labute approximate surface area is 124 Å². The topological polar surface area (TPSA) is 34.2 Å². The van der Waals surface area contributed by atoms with Gasteiger partial charge in [0, 0.05) is 29.9 Å². The fraction of sp³-hybridized carbons (Fsp3) is 0.312. The minimum Gasteiger partial charge on any atom is -0.496 e. The molecule has 0 aliphatic carbocycles. The van der Waals surface area contributed by atoms with Crippen molar-refractivity contribution in [3.05, 3.63) is 58.4 Å². The molecule has 0 bridgehead atoms. The van der Waals surface area contributed by atoms with Crippen LogP contribution in [0.1, 0.15) is 23.7 Å². The van der Waals surface area contributed by atoms with Crippen molar-refractivity contribution in [2.24, 2.45) is 0 Å². The molecule has 0 spiro atoms. The van der Waals surface area contributed by atoms with Gasteiger partial charge < -0.3 is 10.1 Å². The zero-order chi connectivity index (χ0) is 14.4. The summed E-state index contributed by atoms with van der Waals surface area (Å²) in [5.74, 6) is 0.807. The number of nitrogens with zero attached hydrogens (tertiary/aromatic N) is 1. The van der Waals surface area contributed by atoms with E-state index in [0.29, 0.717) is 11.6 Å². The summed E-state index contributed by atoms with van der Waals surface area (Å²) in [7, 11) is 1.66. The number of benzene rings is 1. The molecular weight excluding hydrogens is 272 g/mol. The highest BCUT2D eigenvalue weighted by atomic mass is 35.5. The van der Waals surface area contributed by atoms with E-state index in [1.807, 2.05) is 30.5 Å². The van der Waals surface area contributed by atoms with E-state index in [1.165, 1.54) is 5.56 Å². The SMILES string of the molecule is CCc1cccnc1CNCc1c(Cl)cccc1OC. The van der Waals surface area contributed by atoms with Gasteiger partial charge in [-0.25, -0.2) is 0 Å². The van der Waals surface area contributed by atoms with Crippen LogP contribution in [0.5, 0.6) is 5.75 Å². The summed E-state index contributed by atoms with van der Waals surface area (Å²) in [4.78, 5) is 4.42. The first-order chi connectivity index (χ1) is 9.76. The Morgan fingerprint density at radius 2 is 2.05 bits per heavy atom. The third-order valence-electron chi connectivity index (χ3n) is 3.26. The third-order valence-corrected chi connectivity index (χ3v) is 3.61. The molecule has 0 unspecified atom stereocenters. The van der Waals surface area contributed by atoms with Crippen LogP contribution in [0.15, 0.2) is 36.5 Å². The normalized spacial score (nSPS) is 10.6. The number of nitrogens with one attached hydrogen (secondary N) is 1. The summed E-state index contributed by atoms with van der Waals surface area (Å²) in [6.45, 7) is 3.51. The van der Waals surface area contributed by atoms with Gasteiger partial charge in [-0.15, -0.1) is 0 Å². The second kappa shape index (κ2) is 7.27. The Kier molecular flexibility index (Phi) is 5.39. The van der Waals surface area contributed by atoms with Crippen LogP contribution in [0.2, 0.25) is 5.02 Å². The molecule has 0 atom stereocenters. The highest BCUT2D eigenvalue weighted by Crippen LogP contribution is 2.25. The lowest BCUT2D eigenvalue weighted by Crippen LogP contribution is -2.16. The molecule has 0 fully saturated rings. The molecule has 2 rings (SSSR count). The van der Waals surface area contributed by atoms with E-state index in [4.69, 9.17) is 16.3 Å². The van der Waals surface area contributed by atoms with Crippen LogP contribution in [0.25, 0.3) is 0 Å². The second-order valence-electron chi connectivity index (χ2n) is 4.49. The van der Waals surface area contributed by atoms with Crippen LogP contribution in [0.3, 0.4) is 0 Å². The zero-order valence-corrected chi connectivity index (χ0v) is 12.6. The lowest BCUT2D eigenvalue weighted by molar-refractivity contribution is 0.407. The van der Waals surface area contributed by atoms with Gasteiger partial charge in [0.25, 0.3) is 0 Å². The molecule has 3 nitrogen and oxygen atoms in total. The first-order valence-corrected chi connectivity index (χ1v) is 7.09. The van der Waals surface area contributed by atoms with E-state index in [2.05, 4.69) is 23.3 Å². The van der Waals surface area contributed by atoms with Gasteiger partial charge in [0.05, 0.1) is 12.8 Å². The Balaban J connectivity index is 2.03. The summed E-state index contributed by atoms with van der Waals surface area (Å²) >= 11 is 6.21. The lowest BCUT2D eigenvalue weighted by Gasteiger charge is -2.12. The van der Waals surface area contributed by atoms with Crippen LogP contribution in [0.4, 0.5) is 0 Å². The number of aromatic nitrogens is 1. The lowest BCUT2D eigenvalue weighted by atomic mass is 10.1. The summed E-state index contributed by atoms with van der Waals surface area (Å²) in [5, 5.41) is 4.10. The number of hydrogen-bond acceptors (Lipinski definition) is 3. The molecule has 0 amide bonds. The maximum atomic E-state index is 6.21. The Hall–Kier alpha value is -1.58. The average Bonchev–Trinajstić information content (AvgIpc) is 2.49. The number of halogens is 1. The summed E-state index contributed by atoms with van der Waals surface area (Å²) in [6, 6.07) is 9.76. The highest BCUT2D eigenvalue weighted by molar-refractivity contribution is 6.31. The molecule has 0 radical (unpaired) electrons. The van der Waals surface area contributed by atoms with Gasteiger partial charge in [-0.2, -0.15) is 0 Å². The summed E-state index contributed by atoms with van der Waals surface area (Å²) in [6.07, 6.45) is 2.81. The fourth-order valence-electron chi connectivity index (χ4n) is 2.16. The van der Waals surface area contributed by atoms with Crippen molar-refractivity contribution in [2.45, 2.75) is 26.4 Å². The van der Waals surface area contributed by atoms with Gasteiger partial charge in [0.15, 0.2) is 0 Å². The molecule has 106 valence electrons. The molecular formula is C16H19ClN2O. The standard InChI is InChI=1S/C16H19ClN2O/c1-3-12-6-5-9-19-15(12)11-18-10-13-14(17)7-4-8-16(13)20-2/h4-9,18H,3,10-11H2,1-2H3. The molecule has 0 aliphatic heterocycles. The van der Waals surface area contributed by atoms with E-state index in [-0.39, 0.29) is 0 Å². The Morgan fingerprint density at radius 3 is 2.80 bits per heavy atom. The van der Waals surface area contributed by atoms with Gasteiger partial charge >= 0.3 is 0 Å². The average molecular weight is 291 g/mol. The number of rotatable bonds is 6. The largest absolute Gasteiger partial charge is 0.496 e. The predicted molar refractivity (Wildman–Crippen MR) is 82.2 cm³/mol. The van der Waals surface area contributed by atoms with E-state index in [0.717, 1.165) is 30.0 Å². The summed E-state index contributed by atoms with van der Waals surface area (Å²) < 4.78 is 5.33. The number of pyridine rings is 1. The summed E-state index contributed by atoms with van der Waals surface area (Å²) in [5.41, 5.74) is 3.33. The first kappa shape index (κ1) is 14.8. The smallest absolute Gasteiger partial charge is 0.124 e. The molecule has 1 N–H and O–H groups in total. The molecule has 1 aromatic carbocycles. The number of ether oxygens (including phenoxy) is 1. The van der Waals surface area contributed by atoms with E-state index < -0.39 is 0 Å². The van der Waals surface area contributed by atoms with Gasteiger partial charge in [0.2, 0.25) is 0 Å². The predicted octanol–water partition coefficient (Wildman–Crippen LogP) is 3.60. The minimum absolute atomic E-state index is 0.655. The number of methoxy groups -OCH3 is 1. The molecule has 0 aliphatic rings. The molecule has 2 aromatic rings. The van der Waals surface area contributed by atoms with Crippen LogP contribution in [-0.2, 0) is 19.5 Å². The van der Waals surface area contributed by atoms with Crippen LogP contribution < -0.4 is 10.1 Å². The minimum atomic E-state index is 0.655. The van der Waals surface area contributed by atoms with Crippen molar-refractivity contribution < 1.29 is 4.74 Å². The fourth-order valence-corrected chi connectivity index (χ4v) is 2.39. The maximum absolute atomic E-state index is 6.21. The van der Waals surface area contributed by atoms with Crippen molar-refractivity contribution in [1.29, 1.82) is 0 Å². The van der Waals surface area contributed by atoms with E-state index >= 15 is 0 Å². The van der Waals surface area contributed by atoms with Gasteiger partial charge in [-0.05, 0) is 30.2 Å². The van der Waals surface area contributed by atoms with Crippen molar-refractivity contribution in [3.63, 3.8) is 0 Å². The molecule has 20 heavy (non-hydrogen) atoms. The van der Waals surface area contributed by atoms with Gasteiger partial charge in [-0.3, -0.25) is 4.98 Å². The van der Waals surface area contributed by atoms with Crippen LogP contribution in [-0.4, -0.2) is 12.1 Å². The molecule has 4 heteroatoms. The van der Waals surface area contributed by atoms with Gasteiger partial charge in [-0.1, -0.05) is 30.7 Å². The molecule has 1 heterocycles. The second-order valence-corrected chi connectivity index (χ2v) is 4.89. The molecule has 0 saturated carbocycles. The molecule has 0 saturated heterocycles. The maximum Gasteiger partial charge on any atom is 0.124 e. The zero-order valence-electron chi connectivity index (χ0n) is 11.8. The third kappa shape index (κ3) is 3.50. The Bertz CT molecular complexity index is 572. The van der Waals surface area contributed by atoms with Gasteiger partial charge in [0.1, 0.15) is 5.75 Å². The van der Waals surface area contributed by atoms with Crippen LogP contribution >= 0.6 is 11.6 Å². The monoisotopic (exact) mass is 290 g/mol. The number of hydrogen-bond donors (Lipinski definition) is 1. The quantitative estimate of drug-likeness (QED) is 0.883.